The molecule has 2 N–H and O–H groups in total. The maximum atomic E-state index is 12.6. The van der Waals surface area contributed by atoms with Gasteiger partial charge in [0.1, 0.15) is 0 Å². The molecule has 0 aromatic heterocycles. The lowest BCUT2D eigenvalue weighted by molar-refractivity contribution is -0.136. The van der Waals surface area contributed by atoms with Gasteiger partial charge in [-0.15, -0.1) is 0 Å². The van der Waals surface area contributed by atoms with Gasteiger partial charge in [0.15, 0.2) is 0 Å². The fourth-order valence-electron chi connectivity index (χ4n) is 3.16. The van der Waals surface area contributed by atoms with E-state index in [4.69, 9.17) is 5.11 Å². The number of aliphatic carboxylic acids is 1. The van der Waals surface area contributed by atoms with Gasteiger partial charge in [-0.2, -0.15) is 0 Å². The molecule has 1 aliphatic heterocycles. The van der Waals surface area contributed by atoms with Crippen molar-refractivity contribution in [2.75, 3.05) is 13.1 Å². The first kappa shape index (κ1) is 16.1. The highest BCUT2D eigenvalue weighted by Crippen LogP contribution is 2.34. The van der Waals surface area contributed by atoms with Gasteiger partial charge in [0.25, 0.3) is 0 Å². The predicted molar refractivity (Wildman–Crippen MR) is 90.8 cm³/mol. The third-order valence-electron chi connectivity index (χ3n) is 4.27. The maximum absolute atomic E-state index is 12.6. The molecule has 0 radical (unpaired) electrons. The summed E-state index contributed by atoms with van der Waals surface area (Å²) in [5.41, 5.74) is 3.43. The molecule has 0 spiro atoms. The van der Waals surface area contributed by atoms with Crippen molar-refractivity contribution in [2.45, 2.75) is 18.9 Å². The molecule has 1 aliphatic rings. The van der Waals surface area contributed by atoms with Crippen molar-refractivity contribution >= 4 is 12.0 Å². The number of hydrogen-bond donors (Lipinski definition) is 2. The molecule has 0 saturated heterocycles. The Morgan fingerprint density at radius 2 is 1.79 bits per heavy atom. The number of fused-ring (bicyclic) bond motifs is 1. The Kier molecular flexibility index (Phi) is 4.79. The Morgan fingerprint density at radius 1 is 1.08 bits per heavy atom. The molecule has 0 aliphatic carbocycles. The van der Waals surface area contributed by atoms with E-state index >= 15 is 0 Å². The highest BCUT2D eigenvalue weighted by Gasteiger charge is 2.31. The summed E-state index contributed by atoms with van der Waals surface area (Å²) in [5.74, 6) is -0.918. The van der Waals surface area contributed by atoms with Crippen LogP contribution in [0.1, 0.15) is 29.2 Å². The number of nitrogens with zero attached hydrogens (tertiary/aromatic N) is 1. The predicted octanol–water partition coefficient (Wildman–Crippen LogP) is 2.82. The smallest absolute Gasteiger partial charge is 0.318 e. The minimum Gasteiger partial charge on any atom is -0.481 e. The number of carbonyl (C=O) groups excluding carboxylic acids is 1. The van der Waals surface area contributed by atoms with Crippen LogP contribution in [0.2, 0.25) is 0 Å². The first-order chi connectivity index (χ1) is 11.7. The number of carbonyl (C=O) groups is 2. The first-order valence-corrected chi connectivity index (χ1v) is 8.06. The van der Waals surface area contributed by atoms with E-state index < -0.39 is 5.97 Å². The van der Waals surface area contributed by atoms with Gasteiger partial charge in [0, 0.05) is 13.1 Å². The molecule has 5 heteroatoms. The van der Waals surface area contributed by atoms with Crippen LogP contribution < -0.4 is 5.32 Å². The lowest BCUT2D eigenvalue weighted by Gasteiger charge is -2.37. The topological polar surface area (TPSA) is 69.6 Å². The summed E-state index contributed by atoms with van der Waals surface area (Å²) in [6.07, 6.45) is 0.720. The quantitative estimate of drug-likeness (QED) is 0.908. The first-order valence-electron chi connectivity index (χ1n) is 8.06. The molecule has 124 valence electrons. The summed E-state index contributed by atoms with van der Waals surface area (Å²) in [6.45, 7) is 0.739. The Labute approximate surface area is 140 Å². The second kappa shape index (κ2) is 7.17. The lowest BCUT2D eigenvalue weighted by atomic mass is 9.88. The molecule has 1 atom stereocenters. The lowest BCUT2D eigenvalue weighted by Crippen LogP contribution is -2.46. The molecular formula is C19H20N2O3. The molecule has 1 heterocycles. The number of urea groups is 1. The summed E-state index contributed by atoms with van der Waals surface area (Å²) in [5, 5.41) is 11.5. The van der Waals surface area contributed by atoms with Crippen LogP contribution in [0.25, 0.3) is 0 Å². The Bertz CT molecular complexity index is 730. The van der Waals surface area contributed by atoms with Crippen molar-refractivity contribution in [3.8, 4) is 0 Å². The number of hydrogen-bond acceptors (Lipinski definition) is 2. The summed E-state index contributed by atoms with van der Waals surface area (Å²) >= 11 is 0. The summed E-state index contributed by atoms with van der Waals surface area (Å²) in [6, 6.07) is 17.7. The van der Waals surface area contributed by atoms with Crippen molar-refractivity contribution in [3.05, 3.63) is 71.3 Å². The van der Waals surface area contributed by atoms with E-state index in [9.17, 15) is 9.59 Å². The van der Waals surface area contributed by atoms with E-state index in [1.54, 1.807) is 4.90 Å². The van der Waals surface area contributed by atoms with E-state index in [2.05, 4.69) is 17.4 Å². The van der Waals surface area contributed by atoms with Gasteiger partial charge >= 0.3 is 12.0 Å². The monoisotopic (exact) mass is 324 g/mol. The van der Waals surface area contributed by atoms with Gasteiger partial charge in [0.05, 0.1) is 12.5 Å². The molecule has 5 nitrogen and oxygen atoms in total. The average molecular weight is 324 g/mol. The van der Waals surface area contributed by atoms with E-state index in [0.717, 1.165) is 17.5 Å². The minimum absolute atomic E-state index is 0.0772. The molecule has 3 rings (SSSR count). The number of carboxylic acids is 1. The molecule has 0 unspecified atom stereocenters. The molecule has 24 heavy (non-hydrogen) atoms. The average Bonchev–Trinajstić information content (AvgIpc) is 2.61. The zero-order valence-electron chi connectivity index (χ0n) is 13.3. The summed E-state index contributed by atoms with van der Waals surface area (Å²) in [7, 11) is 0. The van der Waals surface area contributed by atoms with Crippen LogP contribution >= 0.6 is 0 Å². The second-order valence-corrected chi connectivity index (χ2v) is 5.83. The van der Waals surface area contributed by atoms with Gasteiger partial charge in [0.2, 0.25) is 0 Å². The fourth-order valence-corrected chi connectivity index (χ4v) is 3.16. The largest absolute Gasteiger partial charge is 0.481 e. The standard InChI is InChI=1S/C19H20N2O3/c22-17(23)10-12-20-19(24)21-13-11-14-6-4-5-9-16(14)18(21)15-7-2-1-3-8-15/h1-9,18H,10-13H2,(H,20,24)(H,22,23)/t18-/m0/s1. The third kappa shape index (κ3) is 3.40. The maximum Gasteiger partial charge on any atom is 0.318 e. The van der Waals surface area contributed by atoms with Crippen LogP contribution in [-0.2, 0) is 11.2 Å². The van der Waals surface area contributed by atoms with Crippen LogP contribution in [-0.4, -0.2) is 35.1 Å². The van der Waals surface area contributed by atoms with Gasteiger partial charge in [-0.05, 0) is 23.1 Å². The van der Waals surface area contributed by atoms with Crippen LogP contribution in [0.4, 0.5) is 4.79 Å². The summed E-state index contributed by atoms with van der Waals surface area (Å²) < 4.78 is 0. The molecular weight excluding hydrogens is 304 g/mol. The fraction of sp³-hybridized carbons (Fsp3) is 0.263. The second-order valence-electron chi connectivity index (χ2n) is 5.83. The van der Waals surface area contributed by atoms with Crippen LogP contribution in [0.15, 0.2) is 54.6 Å². The molecule has 0 saturated carbocycles. The number of benzene rings is 2. The van der Waals surface area contributed by atoms with E-state index in [1.807, 2.05) is 42.5 Å². The molecule has 2 aromatic carbocycles. The minimum atomic E-state index is -0.918. The van der Waals surface area contributed by atoms with Crippen LogP contribution in [0.3, 0.4) is 0 Å². The van der Waals surface area contributed by atoms with Crippen molar-refractivity contribution in [1.29, 1.82) is 0 Å². The van der Waals surface area contributed by atoms with Crippen LogP contribution in [0.5, 0.6) is 0 Å². The zero-order chi connectivity index (χ0) is 16.9. The molecule has 0 fully saturated rings. The van der Waals surface area contributed by atoms with E-state index in [1.165, 1.54) is 5.56 Å². The Hall–Kier alpha value is -2.82. The van der Waals surface area contributed by atoms with Crippen molar-refractivity contribution in [2.24, 2.45) is 0 Å². The van der Waals surface area contributed by atoms with E-state index in [0.29, 0.717) is 6.54 Å². The number of carboxylic acid groups (broad SMARTS) is 1. The van der Waals surface area contributed by atoms with Crippen LogP contribution in [0, 0.1) is 0 Å². The molecule has 0 bridgehead atoms. The van der Waals surface area contributed by atoms with Gasteiger partial charge in [-0.3, -0.25) is 4.79 Å². The van der Waals surface area contributed by atoms with Gasteiger partial charge in [-0.1, -0.05) is 54.6 Å². The number of nitrogens with one attached hydrogen (secondary N) is 1. The molecule has 2 aromatic rings. The number of rotatable bonds is 4. The number of amides is 2. The van der Waals surface area contributed by atoms with Crippen molar-refractivity contribution in [3.63, 3.8) is 0 Å². The van der Waals surface area contributed by atoms with Crippen molar-refractivity contribution < 1.29 is 14.7 Å². The highest BCUT2D eigenvalue weighted by molar-refractivity contribution is 5.77. The third-order valence-corrected chi connectivity index (χ3v) is 4.27. The van der Waals surface area contributed by atoms with Crippen molar-refractivity contribution in [1.82, 2.24) is 10.2 Å². The van der Waals surface area contributed by atoms with Gasteiger partial charge < -0.3 is 15.3 Å². The van der Waals surface area contributed by atoms with E-state index in [-0.39, 0.29) is 25.0 Å². The zero-order valence-corrected chi connectivity index (χ0v) is 13.3. The SMILES string of the molecule is O=C(O)CCNC(=O)N1CCc2ccccc2[C@@H]1c1ccccc1. The highest BCUT2D eigenvalue weighted by atomic mass is 16.4. The Balaban J connectivity index is 1.88. The summed E-state index contributed by atoms with van der Waals surface area (Å²) in [4.78, 5) is 25.0. The van der Waals surface area contributed by atoms with Gasteiger partial charge in [-0.25, -0.2) is 4.79 Å². The Morgan fingerprint density at radius 3 is 2.54 bits per heavy atom. The molecule has 2 amide bonds. The normalized spacial score (nSPS) is 16.3.